The molecule has 0 aliphatic heterocycles. The van der Waals surface area contributed by atoms with Gasteiger partial charge in [0.1, 0.15) is 0 Å². The monoisotopic (exact) mass is 249 g/mol. The number of hydrogen-bond acceptors (Lipinski definition) is 1. The molecule has 1 unspecified atom stereocenters. The van der Waals surface area contributed by atoms with Crippen LogP contribution in [-0.4, -0.2) is 14.6 Å². The lowest BCUT2D eigenvalue weighted by molar-refractivity contribution is 0.771. The molecule has 0 radical (unpaired) electrons. The minimum absolute atomic E-state index is 0.741. The second-order valence-electron chi connectivity index (χ2n) is 5.05. The zero-order valence-corrected chi connectivity index (χ0v) is 12.6. The molecular formula is C15H27NSi. The first-order valence-corrected chi connectivity index (χ1v) is 9.66. The Morgan fingerprint density at radius 2 is 1.53 bits per heavy atom. The lowest BCUT2D eigenvalue weighted by Gasteiger charge is -2.36. The van der Waals surface area contributed by atoms with Gasteiger partial charge in [-0.2, -0.15) is 0 Å². The Bertz CT molecular complexity index is 298. The van der Waals surface area contributed by atoms with Crippen LogP contribution in [0.1, 0.15) is 26.3 Å². The maximum atomic E-state index is 6.07. The van der Waals surface area contributed by atoms with Gasteiger partial charge < -0.3 is 5.73 Å². The van der Waals surface area contributed by atoms with Gasteiger partial charge in [-0.25, -0.2) is 0 Å². The van der Waals surface area contributed by atoms with Crippen molar-refractivity contribution in [2.75, 3.05) is 6.54 Å². The molecule has 1 aromatic rings. The summed E-state index contributed by atoms with van der Waals surface area (Å²) in [6.07, 6.45) is 1.18. The van der Waals surface area contributed by atoms with Gasteiger partial charge >= 0.3 is 0 Å². The van der Waals surface area contributed by atoms with Crippen molar-refractivity contribution < 1.29 is 0 Å². The van der Waals surface area contributed by atoms with Crippen LogP contribution in [0.25, 0.3) is 0 Å². The van der Waals surface area contributed by atoms with Gasteiger partial charge in [0, 0.05) is 0 Å². The van der Waals surface area contributed by atoms with Crippen LogP contribution < -0.4 is 5.73 Å². The summed E-state index contributed by atoms with van der Waals surface area (Å²) in [4.78, 5) is 0. The highest BCUT2D eigenvalue weighted by Crippen LogP contribution is 2.35. The molecule has 2 heteroatoms. The van der Waals surface area contributed by atoms with E-state index in [1.54, 1.807) is 0 Å². The van der Waals surface area contributed by atoms with Crippen LogP contribution >= 0.6 is 0 Å². The fraction of sp³-hybridized carbons (Fsp3) is 0.600. The van der Waals surface area contributed by atoms with E-state index in [1.807, 2.05) is 0 Å². The van der Waals surface area contributed by atoms with E-state index in [-0.39, 0.29) is 0 Å². The van der Waals surface area contributed by atoms with Gasteiger partial charge in [-0.3, -0.25) is 0 Å². The highest BCUT2D eigenvalue weighted by molar-refractivity contribution is 6.81. The minimum Gasteiger partial charge on any atom is -0.330 e. The van der Waals surface area contributed by atoms with Gasteiger partial charge in [0.05, 0.1) is 8.07 Å². The average Bonchev–Trinajstić information content (AvgIpc) is 2.41. The van der Waals surface area contributed by atoms with Gasteiger partial charge in [0.2, 0.25) is 0 Å². The fourth-order valence-corrected chi connectivity index (χ4v) is 7.47. The third-order valence-electron chi connectivity index (χ3n) is 4.59. The molecule has 0 saturated heterocycles. The van der Waals surface area contributed by atoms with E-state index in [4.69, 9.17) is 5.73 Å². The maximum Gasteiger partial charge on any atom is 0.0574 e. The quantitative estimate of drug-likeness (QED) is 0.724. The Morgan fingerprint density at radius 3 is 1.94 bits per heavy atom. The summed E-state index contributed by atoms with van der Waals surface area (Å²) in [5.41, 5.74) is 8.26. The van der Waals surface area contributed by atoms with E-state index in [2.05, 4.69) is 51.1 Å². The van der Waals surface area contributed by atoms with Crippen molar-refractivity contribution in [3.63, 3.8) is 0 Å². The SMILES string of the molecule is CC[Si](CC)(CC)C(CN)Cc1ccccc1. The van der Waals surface area contributed by atoms with Crippen LogP contribution in [0, 0.1) is 0 Å². The van der Waals surface area contributed by atoms with Gasteiger partial charge in [-0.1, -0.05) is 69.2 Å². The minimum atomic E-state index is -1.15. The van der Waals surface area contributed by atoms with Crippen LogP contribution in [0.4, 0.5) is 0 Å². The van der Waals surface area contributed by atoms with E-state index in [0.717, 1.165) is 12.1 Å². The molecule has 17 heavy (non-hydrogen) atoms. The Morgan fingerprint density at radius 1 is 1.00 bits per heavy atom. The Kier molecular flexibility index (Phi) is 5.93. The Balaban J connectivity index is 2.83. The predicted molar refractivity (Wildman–Crippen MR) is 80.1 cm³/mol. The third kappa shape index (κ3) is 3.43. The predicted octanol–water partition coefficient (Wildman–Crippen LogP) is 4.07. The molecule has 1 rings (SSSR count). The second-order valence-corrected chi connectivity index (χ2v) is 10.7. The van der Waals surface area contributed by atoms with Crippen molar-refractivity contribution in [1.82, 2.24) is 0 Å². The van der Waals surface area contributed by atoms with E-state index in [0.29, 0.717) is 0 Å². The first kappa shape index (κ1) is 14.5. The summed E-state index contributed by atoms with van der Waals surface area (Å²) in [6, 6.07) is 14.9. The zero-order valence-electron chi connectivity index (χ0n) is 11.6. The van der Waals surface area contributed by atoms with Crippen molar-refractivity contribution in [1.29, 1.82) is 0 Å². The molecule has 96 valence electrons. The second kappa shape index (κ2) is 6.97. The smallest absolute Gasteiger partial charge is 0.0574 e. The van der Waals surface area contributed by atoms with Gasteiger partial charge in [-0.15, -0.1) is 0 Å². The largest absolute Gasteiger partial charge is 0.330 e. The first-order valence-electron chi connectivity index (χ1n) is 6.96. The van der Waals surface area contributed by atoms with Crippen LogP contribution in [0.5, 0.6) is 0 Å². The molecule has 2 N–H and O–H groups in total. The molecule has 0 aliphatic rings. The molecule has 1 aromatic carbocycles. The van der Waals surface area contributed by atoms with Crippen molar-refractivity contribution in [3.8, 4) is 0 Å². The van der Waals surface area contributed by atoms with Crippen LogP contribution in [0.3, 0.4) is 0 Å². The normalized spacial score (nSPS) is 13.6. The summed E-state index contributed by atoms with van der Waals surface area (Å²) in [5.74, 6) is 0. The van der Waals surface area contributed by atoms with Crippen LogP contribution in [0.15, 0.2) is 30.3 Å². The average molecular weight is 249 g/mol. The van der Waals surface area contributed by atoms with Crippen molar-refractivity contribution >= 4 is 8.07 Å². The maximum absolute atomic E-state index is 6.07. The molecule has 0 heterocycles. The molecule has 0 aromatic heterocycles. The molecule has 0 aliphatic carbocycles. The molecule has 0 bridgehead atoms. The first-order chi connectivity index (χ1) is 8.22. The number of rotatable bonds is 7. The molecule has 0 saturated carbocycles. The molecule has 1 nitrogen and oxygen atoms in total. The standard InChI is InChI=1S/C15H27NSi/c1-4-17(5-2,6-3)15(13-16)12-14-10-8-7-9-11-14/h7-11,15H,4-6,12-13,16H2,1-3H3. The fourth-order valence-electron chi connectivity index (χ4n) is 3.06. The Hall–Kier alpha value is -0.603. The topological polar surface area (TPSA) is 26.0 Å². The highest BCUT2D eigenvalue weighted by Gasteiger charge is 2.35. The summed E-state index contributed by atoms with van der Waals surface area (Å²) < 4.78 is 0. The summed E-state index contributed by atoms with van der Waals surface area (Å²) in [5, 5.41) is 0. The molecule has 0 spiro atoms. The lowest BCUT2D eigenvalue weighted by Crippen LogP contribution is -2.42. The summed E-state index contributed by atoms with van der Waals surface area (Å²) >= 11 is 0. The molecule has 0 fully saturated rings. The highest BCUT2D eigenvalue weighted by atomic mass is 28.3. The van der Waals surface area contributed by atoms with Crippen molar-refractivity contribution in [2.24, 2.45) is 5.73 Å². The van der Waals surface area contributed by atoms with E-state index in [9.17, 15) is 0 Å². The number of nitrogens with two attached hydrogens (primary N) is 1. The van der Waals surface area contributed by atoms with E-state index >= 15 is 0 Å². The third-order valence-corrected chi connectivity index (χ3v) is 11.0. The molecule has 1 atom stereocenters. The summed E-state index contributed by atoms with van der Waals surface area (Å²) in [7, 11) is -1.15. The van der Waals surface area contributed by atoms with Crippen LogP contribution in [-0.2, 0) is 6.42 Å². The molecule has 0 amide bonds. The van der Waals surface area contributed by atoms with Crippen molar-refractivity contribution in [2.45, 2.75) is 50.9 Å². The van der Waals surface area contributed by atoms with E-state index < -0.39 is 8.07 Å². The number of benzene rings is 1. The summed E-state index contributed by atoms with van der Waals surface area (Å²) in [6.45, 7) is 7.96. The van der Waals surface area contributed by atoms with Gasteiger partial charge in [0.15, 0.2) is 0 Å². The number of hydrogen-bond donors (Lipinski definition) is 1. The Labute approximate surface area is 107 Å². The molecular weight excluding hydrogens is 222 g/mol. The van der Waals surface area contributed by atoms with Crippen molar-refractivity contribution in [3.05, 3.63) is 35.9 Å². The van der Waals surface area contributed by atoms with Gasteiger partial charge in [-0.05, 0) is 24.1 Å². The zero-order chi connectivity index (χ0) is 12.7. The van der Waals surface area contributed by atoms with Gasteiger partial charge in [0.25, 0.3) is 0 Å². The van der Waals surface area contributed by atoms with E-state index in [1.165, 1.54) is 30.1 Å². The lowest BCUT2D eigenvalue weighted by atomic mass is 10.1. The van der Waals surface area contributed by atoms with Crippen LogP contribution in [0.2, 0.25) is 23.7 Å².